The fraction of sp³-hybridized carbons (Fsp3) is 0.520. The van der Waals surface area contributed by atoms with Crippen molar-refractivity contribution < 1.29 is 4.79 Å². The van der Waals surface area contributed by atoms with E-state index >= 15 is 0 Å². The largest absolute Gasteiger partial charge is 0.310 e. The van der Waals surface area contributed by atoms with Gasteiger partial charge in [0.25, 0.3) is 0 Å². The van der Waals surface area contributed by atoms with E-state index in [1.807, 2.05) is 29.3 Å². The third-order valence-corrected chi connectivity index (χ3v) is 7.76. The van der Waals surface area contributed by atoms with Gasteiger partial charge in [-0.25, -0.2) is 0 Å². The quantitative estimate of drug-likeness (QED) is 0.577. The van der Waals surface area contributed by atoms with Crippen LogP contribution in [0.2, 0.25) is 0 Å². The second-order valence-electron chi connectivity index (χ2n) is 9.05. The number of thioether (sulfide) groups is 1. The second kappa shape index (κ2) is 9.52. The summed E-state index contributed by atoms with van der Waals surface area (Å²) < 4.78 is 0. The normalized spacial score (nSPS) is 26.5. The van der Waals surface area contributed by atoms with E-state index in [-0.39, 0.29) is 16.7 Å². The molecule has 30 heavy (non-hydrogen) atoms. The minimum Gasteiger partial charge on any atom is -0.310 e. The molecule has 2 aromatic rings. The number of para-hydroxylation sites is 1. The molecule has 0 bridgehead atoms. The molecule has 1 fully saturated rings. The van der Waals surface area contributed by atoms with Crippen LogP contribution in [0, 0.1) is 0 Å². The lowest BCUT2D eigenvalue weighted by Gasteiger charge is -2.39. The van der Waals surface area contributed by atoms with E-state index in [9.17, 15) is 4.79 Å². The van der Waals surface area contributed by atoms with Gasteiger partial charge in [0, 0.05) is 35.4 Å². The Hall–Kier alpha value is -1.85. The standard InChI is InChI=1S/C25H33N3OS/c1-19-10-8-15-25(2,27-19)14-6-3-7-17-28-21-12-4-5-13-22(21)30-23(24(28)29)20-11-9-16-26-18-20/h4-5,9,11-13,16,18-19,23,27H,3,6-8,10,14-15,17H2,1-2H3/t19-,23?,25+/m0/s1. The highest BCUT2D eigenvalue weighted by Gasteiger charge is 2.34. The van der Waals surface area contributed by atoms with Crippen LogP contribution in [0.25, 0.3) is 0 Å². The number of carbonyl (C=O) groups excluding carboxylic acids is 1. The molecule has 1 aromatic carbocycles. The highest BCUT2D eigenvalue weighted by Crippen LogP contribution is 2.46. The number of fused-ring (bicyclic) bond motifs is 1. The third-order valence-electron chi connectivity index (χ3n) is 6.45. The van der Waals surface area contributed by atoms with E-state index in [4.69, 9.17) is 0 Å². The summed E-state index contributed by atoms with van der Waals surface area (Å²) in [6, 6.07) is 12.8. The van der Waals surface area contributed by atoms with Crippen molar-refractivity contribution in [3.63, 3.8) is 0 Å². The van der Waals surface area contributed by atoms with E-state index in [0.717, 1.165) is 30.6 Å². The summed E-state index contributed by atoms with van der Waals surface area (Å²) in [5, 5.41) is 3.60. The molecule has 1 saturated heterocycles. The van der Waals surface area contributed by atoms with Gasteiger partial charge in [-0.2, -0.15) is 0 Å². The van der Waals surface area contributed by atoms with Crippen LogP contribution >= 0.6 is 11.8 Å². The maximum atomic E-state index is 13.4. The number of nitrogens with zero attached hydrogens (tertiary/aromatic N) is 2. The van der Waals surface area contributed by atoms with Crippen LogP contribution in [0.15, 0.2) is 53.7 Å². The molecule has 0 aliphatic carbocycles. The van der Waals surface area contributed by atoms with Crippen LogP contribution < -0.4 is 10.2 Å². The summed E-state index contributed by atoms with van der Waals surface area (Å²) in [5.41, 5.74) is 2.33. The lowest BCUT2D eigenvalue weighted by molar-refractivity contribution is -0.118. The lowest BCUT2D eigenvalue weighted by atomic mass is 9.84. The Bertz CT molecular complexity index is 858. The molecule has 3 atom stereocenters. The van der Waals surface area contributed by atoms with E-state index in [1.165, 1.54) is 37.0 Å². The molecule has 1 amide bonds. The van der Waals surface area contributed by atoms with E-state index in [2.05, 4.69) is 42.3 Å². The van der Waals surface area contributed by atoms with Gasteiger partial charge in [-0.3, -0.25) is 9.78 Å². The Balaban J connectivity index is 1.37. The van der Waals surface area contributed by atoms with Crippen LogP contribution in [0.4, 0.5) is 5.69 Å². The summed E-state index contributed by atoms with van der Waals surface area (Å²) in [6.45, 7) is 5.46. The van der Waals surface area contributed by atoms with Crippen molar-refractivity contribution in [1.82, 2.24) is 10.3 Å². The predicted octanol–water partition coefficient (Wildman–Crippen LogP) is 5.74. The summed E-state index contributed by atoms with van der Waals surface area (Å²) in [4.78, 5) is 20.8. The van der Waals surface area contributed by atoms with Crippen molar-refractivity contribution in [2.45, 2.75) is 80.5 Å². The maximum Gasteiger partial charge on any atom is 0.245 e. The number of amides is 1. The second-order valence-corrected chi connectivity index (χ2v) is 10.2. The molecule has 1 aromatic heterocycles. The Morgan fingerprint density at radius 2 is 2.07 bits per heavy atom. The molecule has 0 saturated carbocycles. The summed E-state index contributed by atoms with van der Waals surface area (Å²) in [6.07, 6.45) is 12.1. The number of rotatable bonds is 7. The fourth-order valence-corrected chi connectivity index (χ4v) is 6.10. The molecule has 160 valence electrons. The number of anilines is 1. The van der Waals surface area contributed by atoms with Crippen molar-refractivity contribution in [2.24, 2.45) is 0 Å². The molecule has 0 radical (unpaired) electrons. The number of aromatic nitrogens is 1. The van der Waals surface area contributed by atoms with Crippen LogP contribution in [-0.2, 0) is 4.79 Å². The molecule has 2 aliphatic rings. The third kappa shape index (κ3) is 4.89. The number of pyridine rings is 1. The van der Waals surface area contributed by atoms with E-state index in [1.54, 1.807) is 18.0 Å². The fourth-order valence-electron chi connectivity index (χ4n) is 4.89. The molecule has 1 unspecified atom stereocenters. The SMILES string of the molecule is C[C@H]1CCC[C@@](C)(CCCCCN2C(=O)C(c3cccnc3)Sc3ccccc32)N1. The van der Waals surface area contributed by atoms with Crippen LogP contribution in [0.5, 0.6) is 0 Å². The van der Waals surface area contributed by atoms with Crippen LogP contribution in [0.1, 0.15) is 69.6 Å². The first-order chi connectivity index (χ1) is 14.6. The minimum absolute atomic E-state index is 0.182. The Morgan fingerprint density at radius 3 is 2.87 bits per heavy atom. The smallest absolute Gasteiger partial charge is 0.245 e. The van der Waals surface area contributed by atoms with E-state index < -0.39 is 0 Å². The number of carbonyl (C=O) groups is 1. The van der Waals surface area contributed by atoms with Crippen molar-refractivity contribution in [3.8, 4) is 0 Å². The van der Waals surface area contributed by atoms with Gasteiger partial charge in [0.05, 0.1) is 5.69 Å². The first kappa shape index (κ1) is 21.4. The van der Waals surface area contributed by atoms with Gasteiger partial charge in [-0.15, -0.1) is 11.8 Å². The van der Waals surface area contributed by atoms with Gasteiger partial charge in [0.1, 0.15) is 5.25 Å². The van der Waals surface area contributed by atoms with Crippen molar-refractivity contribution in [1.29, 1.82) is 0 Å². The molecule has 1 N–H and O–H groups in total. The van der Waals surface area contributed by atoms with Gasteiger partial charge >= 0.3 is 0 Å². The maximum absolute atomic E-state index is 13.4. The first-order valence-electron chi connectivity index (χ1n) is 11.3. The monoisotopic (exact) mass is 423 g/mol. The topological polar surface area (TPSA) is 45.2 Å². The van der Waals surface area contributed by atoms with Gasteiger partial charge < -0.3 is 10.2 Å². The molecule has 2 aliphatic heterocycles. The van der Waals surface area contributed by atoms with Gasteiger partial charge in [0.2, 0.25) is 5.91 Å². The first-order valence-corrected chi connectivity index (χ1v) is 12.2. The Labute approximate surface area is 184 Å². The van der Waals surface area contributed by atoms with Crippen LogP contribution in [0.3, 0.4) is 0 Å². The highest BCUT2D eigenvalue weighted by molar-refractivity contribution is 8.00. The molecular weight excluding hydrogens is 390 g/mol. The van der Waals surface area contributed by atoms with E-state index in [0.29, 0.717) is 6.04 Å². The zero-order valence-corrected chi connectivity index (χ0v) is 19.0. The van der Waals surface area contributed by atoms with Gasteiger partial charge in [-0.05, 0) is 63.3 Å². The number of piperidine rings is 1. The van der Waals surface area contributed by atoms with Crippen molar-refractivity contribution >= 4 is 23.4 Å². The van der Waals surface area contributed by atoms with Gasteiger partial charge in [-0.1, -0.05) is 37.5 Å². The molecular formula is C25H33N3OS. The van der Waals surface area contributed by atoms with Gasteiger partial charge in [0.15, 0.2) is 0 Å². The van der Waals surface area contributed by atoms with Crippen LogP contribution in [-0.4, -0.2) is 29.0 Å². The lowest BCUT2D eigenvalue weighted by Crippen LogP contribution is -2.50. The number of benzene rings is 1. The molecule has 5 heteroatoms. The number of unbranched alkanes of at least 4 members (excludes halogenated alkanes) is 2. The molecule has 4 rings (SSSR count). The molecule has 4 nitrogen and oxygen atoms in total. The average molecular weight is 424 g/mol. The summed E-state index contributed by atoms with van der Waals surface area (Å²) >= 11 is 1.64. The van der Waals surface area contributed by atoms with Crippen molar-refractivity contribution in [2.75, 3.05) is 11.4 Å². The number of hydrogen-bond acceptors (Lipinski definition) is 4. The predicted molar refractivity (Wildman–Crippen MR) is 125 cm³/mol. The minimum atomic E-state index is -0.208. The van der Waals surface area contributed by atoms with Crippen molar-refractivity contribution in [3.05, 3.63) is 54.4 Å². The Kier molecular flexibility index (Phi) is 6.79. The summed E-state index contributed by atoms with van der Waals surface area (Å²) in [7, 11) is 0. The zero-order valence-electron chi connectivity index (χ0n) is 18.1. The number of hydrogen-bond donors (Lipinski definition) is 1. The molecule has 3 heterocycles. The average Bonchev–Trinajstić information content (AvgIpc) is 2.75. The zero-order chi connectivity index (χ0) is 21.0. The summed E-state index contributed by atoms with van der Waals surface area (Å²) in [5.74, 6) is 0.182. The Morgan fingerprint density at radius 1 is 1.20 bits per heavy atom. The highest BCUT2D eigenvalue weighted by atomic mass is 32.2. The number of nitrogens with one attached hydrogen (secondary N) is 1. The molecule has 0 spiro atoms.